The highest BCUT2D eigenvalue weighted by atomic mass is 14.2. The molecule has 0 rings (SSSR count). The second-order valence-corrected chi connectivity index (χ2v) is 3.45. The molecule has 0 saturated carbocycles. The van der Waals surface area contributed by atoms with Crippen LogP contribution in [0, 0.1) is 17.8 Å². The normalized spacial score (nSPS) is 11.5. The van der Waals surface area contributed by atoms with Crippen LogP contribution < -0.4 is 0 Å². The number of hydrogen-bond acceptors (Lipinski definition) is 0. The maximum atomic E-state index is 3.75. The average molecular weight is 139 g/mol. The Morgan fingerprint density at radius 2 is 1.90 bits per heavy atom. The molecule has 0 aliphatic carbocycles. The third-order valence-corrected chi connectivity index (χ3v) is 1.97. The van der Waals surface area contributed by atoms with E-state index in [0.717, 1.165) is 18.3 Å². The van der Waals surface area contributed by atoms with Crippen molar-refractivity contribution in [3.05, 3.63) is 18.6 Å². The zero-order valence-electron chi connectivity index (χ0n) is 7.65. The zero-order valence-corrected chi connectivity index (χ0v) is 7.65. The second kappa shape index (κ2) is 4.54. The highest BCUT2D eigenvalue weighted by Gasteiger charge is 2.15. The molecule has 0 bridgehead atoms. The van der Waals surface area contributed by atoms with Crippen LogP contribution in [0.15, 0.2) is 12.7 Å². The predicted octanol–water partition coefficient (Wildman–Crippen LogP) is 3.45. The molecule has 0 aromatic heterocycles. The van der Waals surface area contributed by atoms with Crippen molar-refractivity contribution in [1.29, 1.82) is 0 Å². The molecule has 1 radical (unpaired) electrons. The Bertz CT molecular complexity index is 82.2. The van der Waals surface area contributed by atoms with E-state index in [4.69, 9.17) is 0 Å². The molecule has 0 N–H and O–H groups in total. The van der Waals surface area contributed by atoms with Crippen LogP contribution in [0.1, 0.15) is 34.1 Å². The van der Waals surface area contributed by atoms with Gasteiger partial charge in [-0.25, -0.2) is 0 Å². The molecule has 0 heteroatoms. The highest BCUT2D eigenvalue weighted by Crippen LogP contribution is 2.25. The summed E-state index contributed by atoms with van der Waals surface area (Å²) in [7, 11) is 0. The third kappa shape index (κ3) is 3.05. The van der Waals surface area contributed by atoms with Crippen LogP contribution in [0.5, 0.6) is 0 Å². The Labute approximate surface area is 65.3 Å². The number of allylic oxidation sites excluding steroid dienone is 1. The van der Waals surface area contributed by atoms with Crippen molar-refractivity contribution < 1.29 is 0 Å². The van der Waals surface area contributed by atoms with Crippen LogP contribution in [0.2, 0.25) is 0 Å². The third-order valence-electron chi connectivity index (χ3n) is 1.97. The van der Waals surface area contributed by atoms with E-state index in [1.807, 2.05) is 6.08 Å². The lowest BCUT2D eigenvalue weighted by molar-refractivity contribution is 0.406. The van der Waals surface area contributed by atoms with E-state index in [0.29, 0.717) is 0 Å². The molecule has 0 amide bonds. The van der Waals surface area contributed by atoms with Crippen LogP contribution in [0.3, 0.4) is 0 Å². The lowest BCUT2D eigenvalue weighted by atomic mass is 9.83. The van der Waals surface area contributed by atoms with Gasteiger partial charge in [-0.3, -0.25) is 0 Å². The van der Waals surface area contributed by atoms with E-state index in [1.54, 1.807) is 0 Å². The van der Waals surface area contributed by atoms with E-state index in [1.165, 1.54) is 5.92 Å². The zero-order chi connectivity index (χ0) is 8.15. The van der Waals surface area contributed by atoms with Crippen LogP contribution >= 0.6 is 0 Å². The fraction of sp³-hybridized carbons (Fsp3) is 0.700. The van der Waals surface area contributed by atoms with E-state index in [2.05, 4.69) is 34.3 Å². The summed E-state index contributed by atoms with van der Waals surface area (Å²) in [4.78, 5) is 0. The number of rotatable bonds is 4. The minimum Gasteiger partial charge on any atom is -0.103 e. The molecule has 0 heterocycles. The second-order valence-electron chi connectivity index (χ2n) is 3.45. The van der Waals surface area contributed by atoms with Crippen molar-refractivity contribution in [3.8, 4) is 0 Å². The summed E-state index contributed by atoms with van der Waals surface area (Å²) in [6.45, 7) is 12.7. The standard InChI is InChI=1S/C10H19/c1-6-7-10(8(2)3)9(4)5/h6,8,10H,1,7H2,2-5H3. The van der Waals surface area contributed by atoms with Crippen molar-refractivity contribution in [3.63, 3.8) is 0 Å². The highest BCUT2D eigenvalue weighted by molar-refractivity contribution is 4.92. The Balaban J connectivity index is 3.84. The van der Waals surface area contributed by atoms with Crippen LogP contribution in [0.25, 0.3) is 0 Å². The van der Waals surface area contributed by atoms with Gasteiger partial charge in [-0.2, -0.15) is 0 Å². The van der Waals surface area contributed by atoms with Crippen LogP contribution in [-0.4, -0.2) is 0 Å². The first kappa shape index (κ1) is 9.74. The van der Waals surface area contributed by atoms with Crippen molar-refractivity contribution in [2.75, 3.05) is 0 Å². The molecule has 0 aliphatic rings. The predicted molar refractivity (Wildman–Crippen MR) is 47.7 cm³/mol. The number of hydrogen-bond donors (Lipinski definition) is 0. The van der Waals surface area contributed by atoms with E-state index >= 15 is 0 Å². The van der Waals surface area contributed by atoms with Gasteiger partial charge < -0.3 is 0 Å². The first-order chi connectivity index (χ1) is 4.59. The van der Waals surface area contributed by atoms with Gasteiger partial charge in [-0.1, -0.05) is 33.8 Å². The van der Waals surface area contributed by atoms with Gasteiger partial charge in [0.15, 0.2) is 0 Å². The van der Waals surface area contributed by atoms with Gasteiger partial charge in [0.2, 0.25) is 0 Å². The van der Waals surface area contributed by atoms with Gasteiger partial charge in [-0.15, -0.1) is 6.58 Å². The van der Waals surface area contributed by atoms with E-state index < -0.39 is 0 Å². The largest absolute Gasteiger partial charge is 0.103 e. The van der Waals surface area contributed by atoms with Gasteiger partial charge in [0.05, 0.1) is 0 Å². The Kier molecular flexibility index (Phi) is 4.42. The molecule has 0 fully saturated rings. The summed E-state index contributed by atoms with van der Waals surface area (Å²) in [5.41, 5.74) is 0. The van der Waals surface area contributed by atoms with Crippen LogP contribution in [0.4, 0.5) is 0 Å². The summed E-state index contributed by atoms with van der Waals surface area (Å²) in [5.74, 6) is 3.01. The van der Waals surface area contributed by atoms with Gasteiger partial charge in [0.1, 0.15) is 0 Å². The van der Waals surface area contributed by atoms with Gasteiger partial charge in [0.25, 0.3) is 0 Å². The Morgan fingerprint density at radius 1 is 1.40 bits per heavy atom. The maximum absolute atomic E-state index is 3.75. The summed E-state index contributed by atoms with van der Waals surface area (Å²) in [6.07, 6.45) is 3.14. The maximum Gasteiger partial charge on any atom is -0.0266 e. The molecule has 0 aromatic carbocycles. The summed E-state index contributed by atoms with van der Waals surface area (Å²) < 4.78 is 0. The molecule has 1 atom stereocenters. The molecule has 10 heavy (non-hydrogen) atoms. The van der Waals surface area contributed by atoms with Crippen molar-refractivity contribution in [1.82, 2.24) is 0 Å². The molecule has 0 aliphatic heterocycles. The van der Waals surface area contributed by atoms with Gasteiger partial charge in [-0.05, 0) is 24.2 Å². The van der Waals surface area contributed by atoms with Gasteiger partial charge in [0, 0.05) is 0 Å². The monoisotopic (exact) mass is 139 g/mol. The molecule has 0 nitrogen and oxygen atoms in total. The molecular weight excluding hydrogens is 120 g/mol. The summed E-state index contributed by atoms with van der Waals surface area (Å²) in [6, 6.07) is 0. The molecular formula is C10H19. The molecule has 59 valence electrons. The van der Waals surface area contributed by atoms with Crippen molar-refractivity contribution >= 4 is 0 Å². The van der Waals surface area contributed by atoms with Gasteiger partial charge >= 0.3 is 0 Å². The lowest BCUT2D eigenvalue weighted by Gasteiger charge is -2.22. The topological polar surface area (TPSA) is 0 Å². The van der Waals surface area contributed by atoms with E-state index in [9.17, 15) is 0 Å². The minimum absolute atomic E-state index is 0.734. The minimum atomic E-state index is 0.734. The van der Waals surface area contributed by atoms with Crippen molar-refractivity contribution in [2.24, 2.45) is 11.8 Å². The molecule has 0 spiro atoms. The summed E-state index contributed by atoms with van der Waals surface area (Å²) >= 11 is 0. The molecule has 1 unspecified atom stereocenters. The van der Waals surface area contributed by atoms with Crippen molar-refractivity contribution in [2.45, 2.75) is 34.1 Å². The first-order valence-corrected chi connectivity index (χ1v) is 4.00. The smallest absolute Gasteiger partial charge is 0.0266 e. The van der Waals surface area contributed by atoms with E-state index in [-0.39, 0.29) is 0 Å². The Hall–Kier alpha value is -0.260. The fourth-order valence-corrected chi connectivity index (χ4v) is 1.35. The quantitative estimate of drug-likeness (QED) is 0.523. The Morgan fingerprint density at radius 3 is 2.00 bits per heavy atom. The SMILES string of the molecule is C=CCC([C](C)C)C(C)C. The average Bonchev–Trinajstić information content (AvgIpc) is 1.81. The summed E-state index contributed by atoms with van der Waals surface area (Å²) in [5, 5.41) is 0. The first-order valence-electron chi connectivity index (χ1n) is 4.00. The lowest BCUT2D eigenvalue weighted by Crippen LogP contribution is -2.12. The fourth-order valence-electron chi connectivity index (χ4n) is 1.35. The van der Waals surface area contributed by atoms with Crippen LogP contribution in [-0.2, 0) is 0 Å². The molecule has 0 aromatic rings. The molecule has 0 saturated heterocycles.